The van der Waals surface area contributed by atoms with Gasteiger partial charge in [0.05, 0.1) is 0 Å². The van der Waals surface area contributed by atoms with Crippen LogP contribution >= 0.6 is 0 Å². The molecule has 0 spiro atoms. The molecule has 1 atom stereocenters. The zero-order valence-corrected chi connectivity index (χ0v) is 7.20. The number of piperidine rings is 1. The topological polar surface area (TPSA) is 40.5 Å². The van der Waals surface area contributed by atoms with Crippen LogP contribution in [-0.2, 0) is 4.79 Å². The Bertz CT molecular complexity index is 179. The third-order valence-electron chi connectivity index (χ3n) is 2.26. The molecule has 68 valence electrons. The first-order valence-electron chi connectivity index (χ1n) is 4.30. The summed E-state index contributed by atoms with van der Waals surface area (Å²) in [6.07, 6.45) is 3.35. The molecule has 1 amide bonds. The quantitative estimate of drug-likeness (QED) is 0.608. The van der Waals surface area contributed by atoms with Gasteiger partial charge in [0.15, 0.2) is 0 Å². The van der Waals surface area contributed by atoms with E-state index in [0.29, 0.717) is 6.54 Å². The van der Waals surface area contributed by atoms with Gasteiger partial charge in [-0.1, -0.05) is 6.58 Å². The lowest BCUT2D eigenvalue weighted by Gasteiger charge is -2.30. The Morgan fingerprint density at radius 1 is 1.75 bits per heavy atom. The Morgan fingerprint density at radius 2 is 2.50 bits per heavy atom. The third-order valence-corrected chi connectivity index (χ3v) is 2.26. The average molecular weight is 169 g/mol. The minimum atomic E-state index is -0.0202. The van der Waals surface area contributed by atoms with E-state index in [4.69, 9.17) is 5.11 Å². The number of aliphatic hydroxyl groups excluding tert-OH is 1. The maximum atomic E-state index is 11.2. The first kappa shape index (κ1) is 9.26. The zero-order valence-electron chi connectivity index (χ0n) is 7.20. The fourth-order valence-electron chi connectivity index (χ4n) is 1.54. The first-order chi connectivity index (χ1) is 5.77. The Hall–Kier alpha value is -0.830. The van der Waals surface area contributed by atoms with Crippen LogP contribution in [0.3, 0.4) is 0 Å². The van der Waals surface area contributed by atoms with Gasteiger partial charge in [-0.25, -0.2) is 0 Å². The van der Waals surface area contributed by atoms with Crippen LogP contribution in [0.5, 0.6) is 0 Å². The van der Waals surface area contributed by atoms with Crippen molar-refractivity contribution in [1.29, 1.82) is 0 Å². The fraction of sp³-hybridized carbons (Fsp3) is 0.667. The Morgan fingerprint density at radius 3 is 3.08 bits per heavy atom. The summed E-state index contributed by atoms with van der Waals surface area (Å²) in [4.78, 5) is 12.9. The minimum absolute atomic E-state index is 0.0202. The smallest absolute Gasteiger partial charge is 0.245 e. The molecular formula is C9H15NO2. The van der Waals surface area contributed by atoms with Crippen molar-refractivity contribution in [2.75, 3.05) is 19.7 Å². The van der Waals surface area contributed by atoms with Crippen molar-refractivity contribution in [3.63, 3.8) is 0 Å². The van der Waals surface area contributed by atoms with E-state index < -0.39 is 0 Å². The molecule has 1 rings (SSSR count). The van der Waals surface area contributed by atoms with Gasteiger partial charge in [0, 0.05) is 19.7 Å². The fourth-order valence-corrected chi connectivity index (χ4v) is 1.54. The molecule has 3 heteroatoms. The zero-order chi connectivity index (χ0) is 8.97. The molecule has 1 N–H and O–H groups in total. The van der Waals surface area contributed by atoms with Gasteiger partial charge in [0.1, 0.15) is 0 Å². The second kappa shape index (κ2) is 4.26. The molecule has 3 nitrogen and oxygen atoms in total. The van der Waals surface area contributed by atoms with Gasteiger partial charge in [0.25, 0.3) is 0 Å². The molecular weight excluding hydrogens is 154 g/mol. The van der Waals surface area contributed by atoms with E-state index in [1.807, 2.05) is 0 Å². The lowest BCUT2D eigenvalue weighted by atomic mass is 9.99. The average Bonchev–Trinajstić information content (AvgIpc) is 2.17. The van der Waals surface area contributed by atoms with Crippen molar-refractivity contribution in [1.82, 2.24) is 4.90 Å². The SMILES string of the molecule is C=CC(=O)N1CCCC(CO)C1. The predicted molar refractivity (Wildman–Crippen MR) is 46.6 cm³/mol. The van der Waals surface area contributed by atoms with Crippen LogP contribution < -0.4 is 0 Å². The summed E-state index contributed by atoms with van der Waals surface area (Å²) in [5.74, 6) is 0.246. The lowest BCUT2D eigenvalue weighted by Crippen LogP contribution is -2.39. The van der Waals surface area contributed by atoms with E-state index in [9.17, 15) is 4.79 Å². The molecule has 1 unspecified atom stereocenters. The first-order valence-corrected chi connectivity index (χ1v) is 4.30. The molecule has 0 aromatic carbocycles. The monoisotopic (exact) mass is 169 g/mol. The summed E-state index contributed by atoms with van der Waals surface area (Å²) in [7, 11) is 0. The molecule has 1 aliphatic rings. The summed E-state index contributed by atoms with van der Waals surface area (Å²) in [5, 5.41) is 8.90. The van der Waals surface area contributed by atoms with E-state index in [1.165, 1.54) is 6.08 Å². The molecule has 0 aliphatic carbocycles. The molecule has 0 aromatic heterocycles. The molecule has 0 radical (unpaired) electrons. The van der Waals surface area contributed by atoms with Gasteiger partial charge < -0.3 is 10.0 Å². The highest BCUT2D eigenvalue weighted by Gasteiger charge is 2.20. The summed E-state index contributed by atoms with van der Waals surface area (Å²) >= 11 is 0. The summed E-state index contributed by atoms with van der Waals surface area (Å²) < 4.78 is 0. The Kier molecular flexibility index (Phi) is 3.29. The van der Waals surface area contributed by atoms with Crippen molar-refractivity contribution >= 4 is 5.91 Å². The second-order valence-electron chi connectivity index (χ2n) is 3.18. The van der Waals surface area contributed by atoms with Gasteiger partial charge >= 0.3 is 0 Å². The predicted octanol–water partition coefficient (Wildman–Crippen LogP) is 0.403. The number of amides is 1. The number of hydrogen-bond donors (Lipinski definition) is 1. The van der Waals surface area contributed by atoms with Crippen molar-refractivity contribution in [2.45, 2.75) is 12.8 Å². The second-order valence-corrected chi connectivity index (χ2v) is 3.18. The minimum Gasteiger partial charge on any atom is -0.396 e. The Labute approximate surface area is 72.7 Å². The number of carbonyl (C=O) groups excluding carboxylic acids is 1. The van der Waals surface area contributed by atoms with E-state index in [0.717, 1.165) is 19.4 Å². The van der Waals surface area contributed by atoms with Crippen LogP contribution in [-0.4, -0.2) is 35.6 Å². The summed E-state index contributed by atoms with van der Waals surface area (Å²) in [6.45, 7) is 5.10. The van der Waals surface area contributed by atoms with Gasteiger partial charge in [-0.15, -0.1) is 0 Å². The van der Waals surface area contributed by atoms with Crippen molar-refractivity contribution in [2.24, 2.45) is 5.92 Å². The molecule has 12 heavy (non-hydrogen) atoms. The maximum absolute atomic E-state index is 11.2. The normalized spacial score (nSPS) is 23.8. The van der Waals surface area contributed by atoms with Crippen molar-refractivity contribution in [3.8, 4) is 0 Å². The highest BCUT2D eigenvalue weighted by atomic mass is 16.3. The van der Waals surface area contributed by atoms with E-state index in [2.05, 4.69) is 6.58 Å². The van der Waals surface area contributed by atoms with Gasteiger partial charge in [-0.2, -0.15) is 0 Å². The van der Waals surface area contributed by atoms with Crippen molar-refractivity contribution in [3.05, 3.63) is 12.7 Å². The summed E-state index contributed by atoms with van der Waals surface area (Å²) in [6, 6.07) is 0. The van der Waals surface area contributed by atoms with Crippen LogP contribution in [0.25, 0.3) is 0 Å². The largest absolute Gasteiger partial charge is 0.396 e. The number of likely N-dealkylation sites (tertiary alicyclic amines) is 1. The van der Waals surface area contributed by atoms with E-state index in [-0.39, 0.29) is 18.4 Å². The molecule has 1 aliphatic heterocycles. The highest BCUT2D eigenvalue weighted by molar-refractivity contribution is 5.87. The van der Waals surface area contributed by atoms with Crippen LogP contribution in [0.2, 0.25) is 0 Å². The molecule has 0 bridgehead atoms. The summed E-state index contributed by atoms with van der Waals surface area (Å²) in [5.41, 5.74) is 0. The van der Waals surface area contributed by atoms with Crippen LogP contribution in [0.1, 0.15) is 12.8 Å². The highest BCUT2D eigenvalue weighted by Crippen LogP contribution is 2.15. The number of nitrogens with zero attached hydrogens (tertiary/aromatic N) is 1. The van der Waals surface area contributed by atoms with Gasteiger partial charge in [0.2, 0.25) is 5.91 Å². The van der Waals surface area contributed by atoms with Gasteiger partial charge in [-0.3, -0.25) is 4.79 Å². The maximum Gasteiger partial charge on any atom is 0.245 e. The molecule has 0 aromatic rings. The molecule has 1 fully saturated rings. The number of hydrogen-bond acceptors (Lipinski definition) is 2. The Balaban J connectivity index is 2.45. The van der Waals surface area contributed by atoms with Crippen LogP contribution in [0, 0.1) is 5.92 Å². The molecule has 0 saturated carbocycles. The van der Waals surface area contributed by atoms with Crippen molar-refractivity contribution < 1.29 is 9.90 Å². The van der Waals surface area contributed by atoms with Gasteiger partial charge in [-0.05, 0) is 24.8 Å². The lowest BCUT2D eigenvalue weighted by molar-refractivity contribution is -0.128. The van der Waals surface area contributed by atoms with E-state index >= 15 is 0 Å². The molecule has 1 heterocycles. The van der Waals surface area contributed by atoms with E-state index in [1.54, 1.807) is 4.90 Å². The van der Waals surface area contributed by atoms with Crippen LogP contribution in [0.4, 0.5) is 0 Å². The number of rotatable bonds is 2. The number of carbonyl (C=O) groups is 1. The third kappa shape index (κ3) is 2.08. The number of aliphatic hydroxyl groups is 1. The standard InChI is InChI=1S/C9H15NO2/c1-2-9(12)10-5-3-4-8(6-10)7-11/h2,8,11H,1,3-7H2. The molecule has 1 saturated heterocycles. The van der Waals surface area contributed by atoms with Crippen LogP contribution in [0.15, 0.2) is 12.7 Å².